The van der Waals surface area contributed by atoms with E-state index in [0.29, 0.717) is 27.1 Å². The molecule has 0 unspecified atom stereocenters. The van der Waals surface area contributed by atoms with Gasteiger partial charge in [-0.1, -0.05) is 48.0 Å². The Morgan fingerprint density at radius 3 is 2.78 bits per heavy atom. The highest BCUT2D eigenvalue weighted by molar-refractivity contribution is 6.33. The van der Waals surface area contributed by atoms with Gasteiger partial charge in [-0.2, -0.15) is 4.98 Å². The van der Waals surface area contributed by atoms with Gasteiger partial charge in [-0.05, 0) is 43.7 Å². The summed E-state index contributed by atoms with van der Waals surface area (Å²) in [5, 5.41) is 3.43. The highest BCUT2D eigenvalue weighted by Crippen LogP contribution is 2.27. The summed E-state index contributed by atoms with van der Waals surface area (Å²) in [7, 11) is 0. The van der Waals surface area contributed by atoms with E-state index < -0.39 is 5.91 Å². The Morgan fingerprint density at radius 1 is 1.37 bits per heavy atom. The van der Waals surface area contributed by atoms with Gasteiger partial charge in [0.2, 0.25) is 0 Å². The summed E-state index contributed by atoms with van der Waals surface area (Å²) in [6, 6.07) is 5.04. The lowest BCUT2D eigenvalue weighted by molar-refractivity contribution is 0.0990. The molecule has 1 heterocycles. The van der Waals surface area contributed by atoms with Gasteiger partial charge >= 0.3 is 11.9 Å². The number of imidazole rings is 1. The summed E-state index contributed by atoms with van der Waals surface area (Å²) in [4.78, 5) is 27.1. The molecule has 0 aliphatic rings. The van der Waals surface area contributed by atoms with E-state index in [1.165, 1.54) is 4.57 Å². The molecule has 0 bridgehead atoms. The highest BCUT2D eigenvalue weighted by Gasteiger charge is 2.23. The zero-order chi connectivity index (χ0) is 20.0. The zero-order valence-electron chi connectivity index (χ0n) is 14.8. The molecule has 1 aromatic heterocycles. The minimum Gasteiger partial charge on any atom is -0.426 e. The van der Waals surface area contributed by atoms with E-state index in [-0.39, 0.29) is 18.2 Å². The average molecular weight is 406 g/mol. The smallest absolute Gasteiger partial charge is 0.335 e. The molecule has 0 aliphatic carbocycles. The first-order valence-corrected chi connectivity index (χ1v) is 8.67. The Balaban J connectivity index is 2.48. The van der Waals surface area contributed by atoms with Crippen molar-refractivity contribution >= 4 is 29.1 Å². The van der Waals surface area contributed by atoms with Crippen LogP contribution in [0.2, 0.25) is 10.0 Å². The van der Waals surface area contributed by atoms with Crippen LogP contribution >= 0.6 is 23.2 Å². The second kappa shape index (κ2) is 9.30. The summed E-state index contributed by atoms with van der Waals surface area (Å²) in [6.07, 6.45) is 7.04. The van der Waals surface area contributed by atoms with E-state index in [2.05, 4.69) is 16.7 Å². The number of rotatable bonds is 7. The van der Waals surface area contributed by atoms with E-state index in [4.69, 9.17) is 27.9 Å². The van der Waals surface area contributed by atoms with Crippen molar-refractivity contribution in [2.75, 3.05) is 0 Å². The number of hydrogen-bond acceptors (Lipinski definition) is 4. The summed E-state index contributed by atoms with van der Waals surface area (Å²) in [6.45, 7) is 7.36. The van der Waals surface area contributed by atoms with Crippen LogP contribution in [-0.4, -0.2) is 15.5 Å². The van der Waals surface area contributed by atoms with Crippen molar-refractivity contribution in [2.45, 2.75) is 20.4 Å². The fourth-order valence-electron chi connectivity index (χ4n) is 2.35. The van der Waals surface area contributed by atoms with Crippen LogP contribution in [0.1, 0.15) is 28.7 Å². The standard InChI is InChI=1S/C19H17Cl2N3O3/c1-4-5-6-7-12(2)27-19-22-13(3)17(18(25)23-26)24(19)11-14-10-15(20)8-9-16(14)21/h4-10H,2,11H2,1,3H3/b5-4-,7-6-. The molecule has 0 fully saturated rings. The maximum atomic E-state index is 12.0. The molecule has 140 valence electrons. The summed E-state index contributed by atoms with van der Waals surface area (Å²) in [5.41, 5.74) is 0.945. The maximum absolute atomic E-state index is 12.0. The molecule has 0 aliphatic heterocycles. The third kappa shape index (κ3) is 5.15. The summed E-state index contributed by atoms with van der Waals surface area (Å²) >= 11 is 12.3. The molecule has 27 heavy (non-hydrogen) atoms. The zero-order valence-corrected chi connectivity index (χ0v) is 16.3. The van der Waals surface area contributed by atoms with Gasteiger partial charge < -0.3 is 4.74 Å². The second-order valence-electron chi connectivity index (χ2n) is 5.50. The number of aromatic nitrogens is 2. The Kier molecular flexibility index (Phi) is 7.10. The first-order valence-electron chi connectivity index (χ1n) is 7.92. The number of hydrogen-bond donors (Lipinski definition) is 0. The average Bonchev–Trinajstić information content (AvgIpc) is 2.92. The molecule has 1 amide bonds. The molecular weight excluding hydrogens is 389 g/mol. The number of amides is 1. The number of benzene rings is 1. The Hall–Kier alpha value is -2.70. The van der Waals surface area contributed by atoms with Gasteiger partial charge in [-0.3, -0.25) is 9.36 Å². The number of allylic oxidation sites excluding steroid dienone is 4. The molecule has 8 heteroatoms. The molecule has 0 saturated carbocycles. The number of carbonyl (C=O) groups excluding carboxylic acids is 1. The van der Waals surface area contributed by atoms with Crippen LogP contribution in [0.4, 0.5) is 0 Å². The number of carbonyl (C=O) groups is 1. The van der Waals surface area contributed by atoms with Gasteiger partial charge in [-0.25, -0.2) is 0 Å². The van der Waals surface area contributed by atoms with Gasteiger partial charge in [0.15, 0.2) is 0 Å². The number of halogens is 2. The first-order chi connectivity index (χ1) is 12.9. The quantitative estimate of drug-likeness (QED) is 0.347. The van der Waals surface area contributed by atoms with Gasteiger partial charge in [0, 0.05) is 15.2 Å². The minimum absolute atomic E-state index is 0.0151. The molecule has 2 rings (SSSR count). The lowest BCUT2D eigenvalue weighted by Gasteiger charge is -2.12. The second-order valence-corrected chi connectivity index (χ2v) is 6.34. The first kappa shape index (κ1) is 20.6. The molecule has 0 atom stereocenters. The summed E-state index contributed by atoms with van der Waals surface area (Å²) < 4.78 is 7.08. The monoisotopic (exact) mass is 405 g/mol. The van der Waals surface area contributed by atoms with Crippen LogP contribution < -0.4 is 4.74 Å². The minimum atomic E-state index is -0.955. The maximum Gasteiger partial charge on any atom is 0.335 e. The van der Waals surface area contributed by atoms with Gasteiger partial charge in [0.05, 0.1) is 12.2 Å². The van der Waals surface area contributed by atoms with Crippen molar-refractivity contribution < 1.29 is 9.53 Å². The highest BCUT2D eigenvalue weighted by atomic mass is 35.5. The normalized spacial score (nSPS) is 11.3. The molecule has 1 aromatic carbocycles. The number of ether oxygens (including phenoxy) is 1. The molecule has 2 aromatic rings. The predicted molar refractivity (Wildman–Crippen MR) is 106 cm³/mol. The Bertz CT molecular complexity index is 946. The van der Waals surface area contributed by atoms with E-state index in [1.54, 1.807) is 37.3 Å². The van der Waals surface area contributed by atoms with Crippen molar-refractivity contribution in [2.24, 2.45) is 5.18 Å². The molecule has 6 nitrogen and oxygen atoms in total. The van der Waals surface area contributed by atoms with E-state index in [0.717, 1.165) is 0 Å². The van der Waals surface area contributed by atoms with E-state index in [9.17, 15) is 9.70 Å². The Morgan fingerprint density at radius 2 is 2.11 bits per heavy atom. The third-order valence-electron chi connectivity index (χ3n) is 3.54. The van der Waals surface area contributed by atoms with Gasteiger partial charge in [0.25, 0.3) is 0 Å². The van der Waals surface area contributed by atoms with Crippen LogP contribution in [0.3, 0.4) is 0 Å². The van der Waals surface area contributed by atoms with Crippen molar-refractivity contribution in [1.82, 2.24) is 9.55 Å². The van der Waals surface area contributed by atoms with Crippen molar-refractivity contribution in [3.8, 4) is 6.01 Å². The van der Waals surface area contributed by atoms with Crippen LogP contribution in [-0.2, 0) is 6.54 Å². The molecule has 0 radical (unpaired) electrons. The van der Waals surface area contributed by atoms with Crippen LogP contribution in [0.25, 0.3) is 0 Å². The molecule has 0 saturated heterocycles. The lowest BCUT2D eigenvalue weighted by atomic mass is 10.2. The van der Waals surface area contributed by atoms with Crippen molar-refractivity contribution in [3.63, 3.8) is 0 Å². The molecule has 0 N–H and O–H groups in total. The van der Waals surface area contributed by atoms with E-state index >= 15 is 0 Å². The fourth-order valence-corrected chi connectivity index (χ4v) is 2.72. The van der Waals surface area contributed by atoms with Crippen LogP contribution in [0.15, 0.2) is 60.0 Å². The number of nitroso groups, excluding NO2 is 1. The largest absolute Gasteiger partial charge is 0.426 e. The predicted octanol–water partition coefficient (Wildman–Crippen LogP) is 5.48. The topological polar surface area (TPSA) is 73.6 Å². The van der Waals surface area contributed by atoms with Crippen molar-refractivity contribution in [3.05, 3.63) is 86.7 Å². The SMILES string of the molecule is C=C(/C=C\C=C/C)Oc1nc(C)c(C(=O)N=O)n1Cc1cc(Cl)ccc1Cl. The Labute approximate surface area is 166 Å². The fraction of sp³-hybridized carbons (Fsp3) is 0.158. The van der Waals surface area contributed by atoms with Crippen LogP contribution in [0.5, 0.6) is 6.01 Å². The third-order valence-corrected chi connectivity index (χ3v) is 4.14. The molecule has 0 spiro atoms. The van der Waals surface area contributed by atoms with Gasteiger partial charge in [-0.15, -0.1) is 4.91 Å². The van der Waals surface area contributed by atoms with Crippen molar-refractivity contribution in [1.29, 1.82) is 0 Å². The number of aryl methyl sites for hydroxylation is 1. The summed E-state index contributed by atoms with van der Waals surface area (Å²) in [5.74, 6) is -0.655. The molecular formula is C19H17Cl2N3O3. The lowest BCUT2D eigenvalue weighted by Crippen LogP contribution is -2.11. The van der Waals surface area contributed by atoms with Gasteiger partial charge in [0.1, 0.15) is 11.5 Å². The van der Waals surface area contributed by atoms with E-state index in [1.807, 2.05) is 19.1 Å². The van der Waals surface area contributed by atoms with Crippen LogP contribution in [0, 0.1) is 11.8 Å². The number of nitrogens with zero attached hydrogens (tertiary/aromatic N) is 3.